The number of nitrogens with two attached hydrogens (primary N) is 1. The molecule has 3 rings (SSSR count). The van der Waals surface area contributed by atoms with Crippen LogP contribution in [0.4, 0.5) is 0 Å². The fourth-order valence-corrected chi connectivity index (χ4v) is 4.61. The molecule has 1 fully saturated rings. The van der Waals surface area contributed by atoms with Crippen LogP contribution in [0.1, 0.15) is 48.8 Å². The van der Waals surface area contributed by atoms with Crippen LogP contribution in [-0.4, -0.2) is 76.7 Å². The van der Waals surface area contributed by atoms with E-state index in [1.807, 2.05) is 6.92 Å². The van der Waals surface area contributed by atoms with Gasteiger partial charge in [0, 0.05) is 50.7 Å². The first-order valence-corrected chi connectivity index (χ1v) is 11.5. The third-order valence-corrected chi connectivity index (χ3v) is 6.21. The molecule has 2 heterocycles. The summed E-state index contributed by atoms with van der Waals surface area (Å²) in [7, 11) is 2.09. The molecule has 3 N–H and O–H groups in total. The molecule has 2 aromatic rings. The van der Waals surface area contributed by atoms with Crippen LogP contribution >= 0.6 is 0 Å². The van der Waals surface area contributed by atoms with Gasteiger partial charge in [-0.1, -0.05) is 13.8 Å². The Labute approximate surface area is 189 Å². The molecule has 1 aliphatic heterocycles. The number of fused-ring (bicyclic) bond motifs is 1. The normalized spacial score (nSPS) is 17.9. The van der Waals surface area contributed by atoms with Gasteiger partial charge in [0.05, 0.1) is 17.7 Å². The molecule has 0 bridgehead atoms. The van der Waals surface area contributed by atoms with Gasteiger partial charge < -0.3 is 11.1 Å². The summed E-state index contributed by atoms with van der Waals surface area (Å²) >= 11 is 0. The monoisotopic (exact) mass is 444 g/mol. The Morgan fingerprint density at radius 2 is 1.97 bits per heavy atom. The second-order valence-electron chi connectivity index (χ2n) is 8.90. The van der Waals surface area contributed by atoms with Gasteiger partial charge in [0.25, 0.3) is 5.91 Å². The first kappa shape index (κ1) is 24.2. The number of benzene rings is 1. The van der Waals surface area contributed by atoms with E-state index in [2.05, 4.69) is 36.0 Å². The predicted octanol–water partition coefficient (Wildman–Crippen LogP) is 1.16. The lowest BCUT2D eigenvalue weighted by molar-refractivity contribution is 0.0308. The molecular weight excluding hydrogens is 408 g/mol. The molecule has 0 spiro atoms. The molecule has 1 saturated heterocycles. The molecule has 9 nitrogen and oxygen atoms in total. The number of rotatable bonds is 8. The SMILES string of the molecule is CCNC(=O)c1ccc2c(c1)n(CCN)c(=O)n2C(=O)CCN1CN(C)CC[C@H]1C(C)C. The Kier molecular flexibility index (Phi) is 7.86. The zero-order valence-electron chi connectivity index (χ0n) is 19.6. The Morgan fingerprint density at radius 3 is 2.62 bits per heavy atom. The molecule has 0 aliphatic carbocycles. The lowest BCUT2D eigenvalue weighted by Crippen LogP contribution is -2.51. The first-order valence-electron chi connectivity index (χ1n) is 11.5. The van der Waals surface area contributed by atoms with Crippen LogP contribution in [0.5, 0.6) is 0 Å². The van der Waals surface area contributed by atoms with E-state index in [-0.39, 0.29) is 31.3 Å². The molecule has 1 aliphatic rings. The zero-order chi connectivity index (χ0) is 23.4. The van der Waals surface area contributed by atoms with Crippen molar-refractivity contribution >= 4 is 22.8 Å². The van der Waals surface area contributed by atoms with Crippen molar-refractivity contribution in [1.29, 1.82) is 0 Å². The topological polar surface area (TPSA) is 106 Å². The first-order chi connectivity index (χ1) is 15.3. The number of aromatic nitrogens is 2. The van der Waals surface area contributed by atoms with Crippen LogP contribution in [0, 0.1) is 5.92 Å². The summed E-state index contributed by atoms with van der Waals surface area (Å²) in [6.07, 6.45) is 1.32. The fraction of sp³-hybridized carbons (Fsp3) is 0.609. The summed E-state index contributed by atoms with van der Waals surface area (Å²) in [6.45, 7) is 9.77. The lowest BCUT2D eigenvalue weighted by Gasteiger charge is -2.42. The summed E-state index contributed by atoms with van der Waals surface area (Å²) in [5.41, 5.74) is 6.83. The third kappa shape index (κ3) is 4.95. The van der Waals surface area contributed by atoms with E-state index in [1.54, 1.807) is 18.2 Å². The van der Waals surface area contributed by atoms with Gasteiger partial charge in [-0.3, -0.25) is 24.0 Å². The van der Waals surface area contributed by atoms with Crippen molar-refractivity contribution in [3.05, 3.63) is 34.2 Å². The van der Waals surface area contributed by atoms with Crippen LogP contribution < -0.4 is 16.7 Å². The number of hydrogen-bond donors (Lipinski definition) is 2. The number of nitrogens with one attached hydrogen (secondary N) is 1. The Balaban J connectivity index is 1.90. The average molecular weight is 445 g/mol. The minimum absolute atomic E-state index is 0.214. The van der Waals surface area contributed by atoms with Gasteiger partial charge in [0.1, 0.15) is 0 Å². The Morgan fingerprint density at radius 1 is 1.22 bits per heavy atom. The highest BCUT2D eigenvalue weighted by Gasteiger charge is 2.28. The van der Waals surface area contributed by atoms with E-state index in [0.717, 1.165) is 19.6 Å². The maximum absolute atomic E-state index is 13.2. The van der Waals surface area contributed by atoms with Crippen LogP contribution in [0.25, 0.3) is 11.0 Å². The van der Waals surface area contributed by atoms with E-state index in [4.69, 9.17) is 5.73 Å². The molecule has 0 radical (unpaired) electrons. The maximum atomic E-state index is 13.2. The predicted molar refractivity (Wildman–Crippen MR) is 126 cm³/mol. The van der Waals surface area contributed by atoms with Crippen molar-refractivity contribution in [2.45, 2.75) is 46.2 Å². The summed E-state index contributed by atoms with van der Waals surface area (Å²) < 4.78 is 2.73. The third-order valence-electron chi connectivity index (χ3n) is 6.21. The highest BCUT2D eigenvalue weighted by atomic mass is 16.2. The average Bonchev–Trinajstić information content (AvgIpc) is 3.03. The van der Waals surface area contributed by atoms with Crippen LogP contribution in [0.15, 0.2) is 23.0 Å². The van der Waals surface area contributed by atoms with Crippen molar-refractivity contribution in [3.8, 4) is 0 Å². The number of carbonyl (C=O) groups excluding carboxylic acids is 2. The molecule has 0 saturated carbocycles. The Hall–Kier alpha value is -2.49. The van der Waals surface area contributed by atoms with Gasteiger partial charge >= 0.3 is 5.69 Å². The van der Waals surface area contributed by atoms with Gasteiger partial charge in [0.15, 0.2) is 0 Å². The summed E-state index contributed by atoms with van der Waals surface area (Å²) in [5.74, 6) is 0.0483. The van der Waals surface area contributed by atoms with Gasteiger partial charge in [-0.15, -0.1) is 0 Å². The fourth-order valence-electron chi connectivity index (χ4n) is 4.61. The second-order valence-corrected chi connectivity index (χ2v) is 8.90. The van der Waals surface area contributed by atoms with E-state index >= 15 is 0 Å². The highest BCUT2D eigenvalue weighted by Crippen LogP contribution is 2.21. The summed E-state index contributed by atoms with van der Waals surface area (Å²) in [6, 6.07) is 5.42. The standard InChI is InChI=1S/C23H36N6O3/c1-5-25-22(31)17-6-7-19-20(14-17)28(13-10-24)23(32)29(19)21(30)9-12-27-15-26(4)11-8-18(27)16(2)3/h6-7,14,16,18H,5,8-13,15,24H2,1-4H3,(H,25,31)/t18-/m0/s1. The molecule has 1 atom stereocenters. The van der Waals surface area contributed by atoms with E-state index < -0.39 is 5.69 Å². The smallest absolute Gasteiger partial charge is 0.336 e. The van der Waals surface area contributed by atoms with Crippen molar-refractivity contribution in [2.24, 2.45) is 11.7 Å². The molecule has 1 aromatic heterocycles. The number of amides is 1. The van der Waals surface area contributed by atoms with Gasteiger partial charge in [-0.25, -0.2) is 9.36 Å². The molecule has 0 unspecified atom stereocenters. The van der Waals surface area contributed by atoms with E-state index in [1.165, 1.54) is 9.13 Å². The number of hydrogen-bond acceptors (Lipinski definition) is 6. The van der Waals surface area contributed by atoms with Crippen molar-refractivity contribution in [2.75, 3.05) is 39.9 Å². The van der Waals surface area contributed by atoms with Crippen LogP contribution in [0.2, 0.25) is 0 Å². The van der Waals surface area contributed by atoms with Crippen LogP contribution in [0.3, 0.4) is 0 Å². The largest absolute Gasteiger partial charge is 0.352 e. The molecular formula is C23H36N6O3. The second kappa shape index (κ2) is 10.4. The highest BCUT2D eigenvalue weighted by molar-refractivity contribution is 5.99. The van der Waals surface area contributed by atoms with Crippen molar-refractivity contribution in [3.63, 3.8) is 0 Å². The van der Waals surface area contributed by atoms with Gasteiger partial charge in [-0.2, -0.15) is 0 Å². The molecule has 1 aromatic carbocycles. The minimum Gasteiger partial charge on any atom is -0.352 e. The summed E-state index contributed by atoms with van der Waals surface area (Å²) in [5, 5.41) is 2.76. The molecule has 1 amide bonds. The minimum atomic E-state index is -0.403. The van der Waals surface area contributed by atoms with Crippen LogP contribution in [-0.2, 0) is 6.54 Å². The Bertz CT molecular complexity index is 1020. The number of imidazole rings is 1. The van der Waals surface area contributed by atoms with E-state index in [9.17, 15) is 14.4 Å². The zero-order valence-corrected chi connectivity index (χ0v) is 19.6. The van der Waals surface area contributed by atoms with Crippen molar-refractivity contribution < 1.29 is 9.59 Å². The number of nitrogens with zero attached hydrogens (tertiary/aromatic N) is 4. The molecule has 176 valence electrons. The summed E-state index contributed by atoms with van der Waals surface area (Å²) in [4.78, 5) is 43.2. The molecule has 9 heteroatoms. The molecule has 32 heavy (non-hydrogen) atoms. The maximum Gasteiger partial charge on any atom is 0.336 e. The van der Waals surface area contributed by atoms with E-state index in [0.29, 0.717) is 41.6 Å². The number of carbonyl (C=O) groups is 2. The van der Waals surface area contributed by atoms with Crippen molar-refractivity contribution in [1.82, 2.24) is 24.3 Å². The lowest BCUT2D eigenvalue weighted by atomic mass is 9.97. The quantitative estimate of drug-likeness (QED) is 0.633. The van der Waals surface area contributed by atoms with Gasteiger partial charge in [-0.05, 0) is 44.5 Å². The van der Waals surface area contributed by atoms with Gasteiger partial charge in [0.2, 0.25) is 5.91 Å².